The maximum Gasteiger partial charge on any atom is 0.254 e. The zero-order valence-corrected chi connectivity index (χ0v) is 13.9. The van der Waals surface area contributed by atoms with E-state index in [1.807, 2.05) is 13.8 Å². The fourth-order valence-corrected chi connectivity index (χ4v) is 2.30. The Morgan fingerprint density at radius 2 is 2.09 bits per heavy atom. The van der Waals surface area contributed by atoms with Crippen LogP contribution >= 0.6 is 0 Å². The average Bonchev–Trinajstić information content (AvgIpc) is 2.85. The molecule has 5 heteroatoms. The first kappa shape index (κ1) is 19.8. The van der Waals surface area contributed by atoms with Crippen LogP contribution in [-0.4, -0.2) is 42.6 Å². The summed E-state index contributed by atoms with van der Waals surface area (Å²) in [5.41, 5.74) is 1.43. The van der Waals surface area contributed by atoms with Crippen molar-refractivity contribution in [1.82, 2.24) is 10.2 Å². The van der Waals surface area contributed by atoms with E-state index in [0.717, 1.165) is 11.9 Å². The van der Waals surface area contributed by atoms with Gasteiger partial charge in [0, 0.05) is 25.6 Å². The molecule has 1 N–H and O–H groups in total. The van der Waals surface area contributed by atoms with Gasteiger partial charge in [-0.05, 0) is 18.9 Å². The number of nitrogens with one attached hydrogen (secondary N) is 1. The summed E-state index contributed by atoms with van der Waals surface area (Å²) in [4.78, 5) is 36.3. The van der Waals surface area contributed by atoms with Crippen molar-refractivity contribution < 1.29 is 14.4 Å². The lowest BCUT2D eigenvalue weighted by Crippen LogP contribution is -2.46. The number of hydrogen-bond acceptors (Lipinski definition) is 3. The Hall–Kier alpha value is -2.17. The lowest BCUT2D eigenvalue weighted by atomic mass is 10.1. The Labute approximate surface area is 132 Å². The second-order valence-electron chi connectivity index (χ2n) is 4.44. The normalized spacial score (nSPS) is 18.7. The van der Waals surface area contributed by atoms with Crippen molar-refractivity contribution in [2.75, 3.05) is 13.6 Å². The van der Waals surface area contributed by atoms with E-state index < -0.39 is 6.04 Å². The van der Waals surface area contributed by atoms with Gasteiger partial charge < -0.3 is 15.0 Å². The van der Waals surface area contributed by atoms with Gasteiger partial charge in [0.05, 0.1) is 0 Å². The summed E-state index contributed by atoms with van der Waals surface area (Å²) in [6.45, 7) is 9.78. The Bertz CT molecular complexity index is 478. The van der Waals surface area contributed by atoms with Crippen molar-refractivity contribution in [1.29, 1.82) is 0 Å². The maximum absolute atomic E-state index is 12.4. The van der Waals surface area contributed by atoms with Crippen molar-refractivity contribution in [2.45, 2.75) is 39.7 Å². The number of amides is 2. The Morgan fingerprint density at radius 1 is 1.45 bits per heavy atom. The molecule has 0 aliphatic carbocycles. The van der Waals surface area contributed by atoms with Gasteiger partial charge in [-0.25, -0.2) is 0 Å². The summed E-state index contributed by atoms with van der Waals surface area (Å²) in [5.74, 6) is -0.435. The lowest BCUT2D eigenvalue weighted by Gasteiger charge is -2.25. The fourth-order valence-electron chi connectivity index (χ4n) is 2.30. The molecule has 1 unspecified atom stereocenters. The predicted molar refractivity (Wildman–Crippen MR) is 88.3 cm³/mol. The highest BCUT2D eigenvalue weighted by atomic mass is 16.2. The fraction of sp³-hybridized carbons (Fsp3) is 0.471. The number of aldehydes is 1. The van der Waals surface area contributed by atoms with Gasteiger partial charge in [-0.2, -0.15) is 0 Å². The minimum absolute atomic E-state index is 0.180. The highest BCUT2D eigenvalue weighted by molar-refractivity contribution is 6.03. The molecule has 1 heterocycles. The summed E-state index contributed by atoms with van der Waals surface area (Å²) in [5, 5.41) is 2.54. The van der Waals surface area contributed by atoms with Gasteiger partial charge in [0.25, 0.3) is 5.91 Å². The number of rotatable bonds is 6. The first-order chi connectivity index (χ1) is 10.6. The average molecular weight is 306 g/mol. The van der Waals surface area contributed by atoms with Crippen molar-refractivity contribution in [3.05, 3.63) is 36.0 Å². The molecule has 0 aromatic heterocycles. The summed E-state index contributed by atoms with van der Waals surface area (Å²) in [6.07, 6.45) is 6.45. The standard InChI is InChI=1S/C15H20N2O3.C2H6/c1-4-7-11-10-17(15(20)12(11)5-2)13(8-6-9-18)14(19)16-3;1-2/h4-5,7,9,13H,1,6,8,10H2,2-3H3,(H,16,19);1-2H3/b11-7-,12-5+;. The lowest BCUT2D eigenvalue weighted by molar-refractivity contribution is -0.136. The van der Waals surface area contributed by atoms with Gasteiger partial charge in [-0.1, -0.05) is 38.7 Å². The highest BCUT2D eigenvalue weighted by Gasteiger charge is 2.37. The number of allylic oxidation sites excluding steroid dienone is 3. The third kappa shape index (κ3) is 4.69. The molecule has 1 atom stereocenters. The Balaban J connectivity index is 0.00000211. The van der Waals surface area contributed by atoms with Crippen LogP contribution in [0.15, 0.2) is 36.0 Å². The molecular formula is C17H26N2O3. The number of hydrogen-bond donors (Lipinski definition) is 1. The number of likely N-dealkylation sites (N-methyl/N-ethyl adjacent to an activating group) is 1. The number of carbonyl (C=O) groups excluding carboxylic acids is 3. The second-order valence-corrected chi connectivity index (χ2v) is 4.44. The number of nitrogens with zero attached hydrogens (tertiary/aromatic N) is 1. The Morgan fingerprint density at radius 3 is 2.55 bits per heavy atom. The molecule has 5 nitrogen and oxygen atoms in total. The van der Waals surface area contributed by atoms with E-state index in [1.165, 1.54) is 11.9 Å². The van der Waals surface area contributed by atoms with Gasteiger partial charge in [0.2, 0.25) is 5.91 Å². The third-order valence-corrected chi connectivity index (χ3v) is 3.27. The quantitative estimate of drug-likeness (QED) is 0.603. The minimum Gasteiger partial charge on any atom is -0.357 e. The predicted octanol–water partition coefficient (Wildman–Crippen LogP) is 2.01. The zero-order chi connectivity index (χ0) is 17.1. The second kappa shape index (κ2) is 10.5. The molecule has 0 saturated carbocycles. The van der Waals surface area contributed by atoms with Gasteiger partial charge in [-0.3, -0.25) is 9.59 Å². The van der Waals surface area contributed by atoms with E-state index >= 15 is 0 Å². The molecule has 1 aliphatic rings. The molecule has 0 radical (unpaired) electrons. The molecular weight excluding hydrogens is 280 g/mol. The van der Waals surface area contributed by atoms with Gasteiger partial charge in [0.1, 0.15) is 12.3 Å². The van der Waals surface area contributed by atoms with E-state index in [2.05, 4.69) is 11.9 Å². The zero-order valence-electron chi connectivity index (χ0n) is 13.9. The van der Waals surface area contributed by atoms with Crippen molar-refractivity contribution in [3.63, 3.8) is 0 Å². The van der Waals surface area contributed by atoms with E-state index in [4.69, 9.17) is 0 Å². The van der Waals surface area contributed by atoms with Crippen LogP contribution < -0.4 is 5.32 Å². The molecule has 122 valence electrons. The van der Waals surface area contributed by atoms with Crippen molar-refractivity contribution >= 4 is 18.1 Å². The van der Waals surface area contributed by atoms with Gasteiger partial charge in [-0.15, -0.1) is 0 Å². The Kier molecular flexibility index (Phi) is 9.50. The van der Waals surface area contributed by atoms with Gasteiger partial charge >= 0.3 is 0 Å². The van der Waals surface area contributed by atoms with E-state index in [-0.39, 0.29) is 18.2 Å². The molecule has 22 heavy (non-hydrogen) atoms. The van der Waals surface area contributed by atoms with Crippen LogP contribution in [0.25, 0.3) is 0 Å². The number of carbonyl (C=O) groups is 3. The molecule has 1 saturated heterocycles. The molecule has 0 aromatic rings. The van der Waals surface area contributed by atoms with Crippen LogP contribution in [0.2, 0.25) is 0 Å². The molecule has 2 amide bonds. The van der Waals surface area contributed by atoms with E-state index in [0.29, 0.717) is 18.5 Å². The first-order valence-electron chi connectivity index (χ1n) is 7.55. The van der Waals surface area contributed by atoms with Crippen LogP contribution in [0.4, 0.5) is 0 Å². The monoisotopic (exact) mass is 306 g/mol. The third-order valence-electron chi connectivity index (χ3n) is 3.27. The molecule has 1 aliphatic heterocycles. The smallest absolute Gasteiger partial charge is 0.254 e. The van der Waals surface area contributed by atoms with Crippen molar-refractivity contribution in [3.8, 4) is 0 Å². The maximum atomic E-state index is 12.4. The van der Waals surface area contributed by atoms with Crippen LogP contribution in [-0.2, 0) is 14.4 Å². The molecule has 0 spiro atoms. The van der Waals surface area contributed by atoms with Crippen LogP contribution in [0.5, 0.6) is 0 Å². The number of likely N-dealkylation sites (tertiary alicyclic amines) is 1. The topological polar surface area (TPSA) is 66.5 Å². The SMILES string of the molecule is C=C/C=C1/CN(C(CCC=O)C(=O)NC)C(=O)/C1=C/C.CC. The van der Waals surface area contributed by atoms with Crippen LogP contribution in [0.1, 0.15) is 33.6 Å². The minimum atomic E-state index is -0.622. The molecule has 0 aromatic carbocycles. The van der Waals surface area contributed by atoms with Crippen LogP contribution in [0.3, 0.4) is 0 Å². The largest absolute Gasteiger partial charge is 0.357 e. The van der Waals surface area contributed by atoms with Crippen molar-refractivity contribution in [2.24, 2.45) is 0 Å². The van der Waals surface area contributed by atoms with E-state index in [9.17, 15) is 14.4 Å². The summed E-state index contributed by atoms with van der Waals surface area (Å²) in [6, 6.07) is -0.622. The van der Waals surface area contributed by atoms with Crippen LogP contribution in [0, 0.1) is 0 Å². The molecule has 1 rings (SSSR count). The molecule has 0 bridgehead atoms. The van der Waals surface area contributed by atoms with E-state index in [1.54, 1.807) is 25.2 Å². The first-order valence-corrected chi connectivity index (χ1v) is 7.55. The summed E-state index contributed by atoms with van der Waals surface area (Å²) >= 11 is 0. The summed E-state index contributed by atoms with van der Waals surface area (Å²) in [7, 11) is 1.52. The highest BCUT2D eigenvalue weighted by Crippen LogP contribution is 2.26. The summed E-state index contributed by atoms with van der Waals surface area (Å²) < 4.78 is 0. The van der Waals surface area contributed by atoms with Gasteiger partial charge in [0.15, 0.2) is 0 Å². The molecule has 1 fully saturated rings.